The molecule has 0 N–H and O–H groups in total. The first-order valence-corrected chi connectivity index (χ1v) is 7.47. The van der Waals surface area contributed by atoms with Gasteiger partial charge < -0.3 is 14.7 Å². The predicted octanol–water partition coefficient (Wildman–Crippen LogP) is 1.75. The summed E-state index contributed by atoms with van der Waals surface area (Å²) in [5.41, 5.74) is 0. The molecule has 0 atom stereocenters. The zero-order valence-corrected chi connectivity index (χ0v) is 12.1. The summed E-state index contributed by atoms with van der Waals surface area (Å²) >= 11 is 0. The van der Waals surface area contributed by atoms with Crippen molar-refractivity contribution in [1.82, 2.24) is 14.7 Å². The first-order chi connectivity index (χ1) is 8.30. The molecule has 3 heteroatoms. The molecule has 0 radical (unpaired) electrons. The van der Waals surface area contributed by atoms with Crippen molar-refractivity contribution in [2.24, 2.45) is 0 Å². The monoisotopic (exact) mass is 241 g/mol. The molecular weight excluding hydrogens is 210 g/mol. The third-order valence-electron chi connectivity index (χ3n) is 3.72. The van der Waals surface area contributed by atoms with Crippen molar-refractivity contribution in [3.63, 3.8) is 0 Å². The van der Waals surface area contributed by atoms with Gasteiger partial charge in [0, 0.05) is 39.3 Å². The summed E-state index contributed by atoms with van der Waals surface area (Å²) in [6, 6.07) is 0. The summed E-state index contributed by atoms with van der Waals surface area (Å²) in [4.78, 5) is 7.86. The fourth-order valence-corrected chi connectivity index (χ4v) is 2.58. The minimum atomic E-state index is 1.19. The van der Waals surface area contributed by atoms with Gasteiger partial charge in [-0.1, -0.05) is 20.8 Å². The number of hydrogen-bond acceptors (Lipinski definition) is 3. The summed E-state index contributed by atoms with van der Waals surface area (Å²) in [6.45, 7) is 18.1. The van der Waals surface area contributed by atoms with E-state index in [4.69, 9.17) is 0 Å². The van der Waals surface area contributed by atoms with Crippen molar-refractivity contribution in [1.29, 1.82) is 0 Å². The van der Waals surface area contributed by atoms with Crippen LogP contribution in [-0.2, 0) is 0 Å². The van der Waals surface area contributed by atoms with Crippen molar-refractivity contribution in [2.75, 3.05) is 58.9 Å². The molecule has 102 valence electrons. The van der Waals surface area contributed by atoms with Gasteiger partial charge in [0.15, 0.2) is 0 Å². The maximum atomic E-state index is 2.64. The van der Waals surface area contributed by atoms with Crippen LogP contribution in [0.4, 0.5) is 0 Å². The van der Waals surface area contributed by atoms with Crippen LogP contribution in [0.2, 0.25) is 0 Å². The van der Waals surface area contributed by atoms with Gasteiger partial charge in [-0.3, -0.25) is 0 Å². The Morgan fingerprint density at radius 3 is 1.24 bits per heavy atom. The van der Waals surface area contributed by atoms with E-state index in [-0.39, 0.29) is 0 Å². The highest BCUT2D eigenvalue weighted by Gasteiger charge is 2.14. The van der Waals surface area contributed by atoms with Crippen LogP contribution in [0.3, 0.4) is 0 Å². The van der Waals surface area contributed by atoms with E-state index in [2.05, 4.69) is 35.5 Å². The Balaban J connectivity index is 2.48. The van der Waals surface area contributed by atoms with Gasteiger partial charge in [-0.25, -0.2) is 0 Å². The predicted molar refractivity (Wildman–Crippen MR) is 75.6 cm³/mol. The third kappa shape index (κ3) is 5.84. The molecule has 0 unspecified atom stereocenters. The first kappa shape index (κ1) is 14.9. The van der Waals surface area contributed by atoms with Crippen LogP contribution in [0, 0.1) is 0 Å². The van der Waals surface area contributed by atoms with Gasteiger partial charge in [0.05, 0.1) is 0 Å². The summed E-state index contributed by atoms with van der Waals surface area (Å²) in [5, 5.41) is 0. The zero-order valence-electron chi connectivity index (χ0n) is 12.1. The Morgan fingerprint density at radius 2 is 0.941 bits per heavy atom. The van der Waals surface area contributed by atoms with Crippen molar-refractivity contribution in [2.45, 2.75) is 33.6 Å². The lowest BCUT2D eigenvalue weighted by Gasteiger charge is -2.24. The minimum absolute atomic E-state index is 1.19. The smallest absolute Gasteiger partial charge is 0.0110 e. The van der Waals surface area contributed by atoms with Crippen LogP contribution >= 0.6 is 0 Å². The van der Waals surface area contributed by atoms with E-state index in [1.807, 2.05) is 0 Å². The number of hydrogen-bond donors (Lipinski definition) is 0. The van der Waals surface area contributed by atoms with Crippen molar-refractivity contribution >= 4 is 0 Å². The zero-order chi connectivity index (χ0) is 12.5. The highest BCUT2D eigenvalue weighted by atomic mass is 15.3. The Labute approximate surface area is 108 Å². The second kappa shape index (κ2) is 8.90. The molecule has 0 amide bonds. The normalized spacial score (nSPS) is 22.1. The van der Waals surface area contributed by atoms with Gasteiger partial charge in [0.1, 0.15) is 0 Å². The van der Waals surface area contributed by atoms with Gasteiger partial charge >= 0.3 is 0 Å². The maximum Gasteiger partial charge on any atom is 0.0110 e. The van der Waals surface area contributed by atoms with E-state index in [1.165, 1.54) is 71.7 Å². The molecule has 0 aliphatic carbocycles. The minimum Gasteiger partial charge on any atom is -0.301 e. The summed E-state index contributed by atoms with van der Waals surface area (Å²) in [7, 11) is 0. The molecule has 0 aromatic heterocycles. The van der Waals surface area contributed by atoms with Gasteiger partial charge in [-0.2, -0.15) is 0 Å². The second-order valence-corrected chi connectivity index (χ2v) is 5.12. The van der Waals surface area contributed by atoms with Gasteiger partial charge in [0.2, 0.25) is 0 Å². The molecule has 0 saturated carbocycles. The van der Waals surface area contributed by atoms with E-state index < -0.39 is 0 Å². The average Bonchev–Trinajstić information content (AvgIpc) is 2.43. The standard InChI is InChI=1S/C14H31N3/c1-4-7-16-11-9-15(6-3)10-12-17(8-5-2)14-13-16/h4-14H2,1-3H3. The quantitative estimate of drug-likeness (QED) is 0.726. The molecule has 0 aromatic carbocycles. The Morgan fingerprint density at radius 1 is 0.588 bits per heavy atom. The molecular formula is C14H31N3. The SMILES string of the molecule is CCCN1CCN(CC)CCN(CCC)CC1. The van der Waals surface area contributed by atoms with Crippen molar-refractivity contribution in [3.05, 3.63) is 0 Å². The van der Waals surface area contributed by atoms with Gasteiger partial charge in [-0.05, 0) is 32.5 Å². The van der Waals surface area contributed by atoms with Crippen LogP contribution in [-0.4, -0.2) is 73.6 Å². The van der Waals surface area contributed by atoms with Crippen LogP contribution in [0.1, 0.15) is 33.6 Å². The summed E-state index contributed by atoms with van der Waals surface area (Å²) in [6.07, 6.45) is 2.56. The summed E-state index contributed by atoms with van der Waals surface area (Å²) in [5.74, 6) is 0. The van der Waals surface area contributed by atoms with E-state index in [9.17, 15) is 0 Å². The van der Waals surface area contributed by atoms with Crippen LogP contribution in [0.5, 0.6) is 0 Å². The van der Waals surface area contributed by atoms with Gasteiger partial charge in [0.25, 0.3) is 0 Å². The average molecular weight is 241 g/mol. The second-order valence-electron chi connectivity index (χ2n) is 5.12. The number of nitrogens with zero attached hydrogens (tertiary/aromatic N) is 3. The molecule has 1 rings (SSSR count). The highest BCUT2D eigenvalue weighted by molar-refractivity contribution is 4.70. The van der Waals surface area contributed by atoms with E-state index >= 15 is 0 Å². The Kier molecular flexibility index (Phi) is 7.82. The van der Waals surface area contributed by atoms with Crippen molar-refractivity contribution in [3.8, 4) is 0 Å². The number of rotatable bonds is 5. The van der Waals surface area contributed by atoms with E-state index in [0.717, 1.165) is 0 Å². The fraction of sp³-hybridized carbons (Fsp3) is 1.00. The topological polar surface area (TPSA) is 9.72 Å². The lowest BCUT2D eigenvalue weighted by molar-refractivity contribution is 0.219. The molecule has 0 bridgehead atoms. The van der Waals surface area contributed by atoms with Crippen LogP contribution in [0.25, 0.3) is 0 Å². The lowest BCUT2D eigenvalue weighted by atomic mass is 10.3. The molecule has 0 aromatic rings. The Hall–Kier alpha value is -0.120. The molecule has 3 nitrogen and oxygen atoms in total. The van der Waals surface area contributed by atoms with E-state index in [0.29, 0.717) is 0 Å². The van der Waals surface area contributed by atoms with E-state index in [1.54, 1.807) is 0 Å². The Bertz CT molecular complexity index is 166. The lowest BCUT2D eigenvalue weighted by Crippen LogP contribution is -2.36. The molecule has 1 aliphatic heterocycles. The number of likely N-dealkylation sites (N-methyl/N-ethyl adjacent to an activating group) is 1. The molecule has 1 fully saturated rings. The molecule has 1 aliphatic rings. The maximum absolute atomic E-state index is 2.64. The van der Waals surface area contributed by atoms with Crippen molar-refractivity contribution < 1.29 is 0 Å². The molecule has 1 saturated heterocycles. The van der Waals surface area contributed by atoms with Gasteiger partial charge in [-0.15, -0.1) is 0 Å². The van der Waals surface area contributed by atoms with Crippen LogP contribution < -0.4 is 0 Å². The molecule has 0 spiro atoms. The van der Waals surface area contributed by atoms with Crippen LogP contribution in [0.15, 0.2) is 0 Å². The fourth-order valence-electron chi connectivity index (χ4n) is 2.58. The third-order valence-corrected chi connectivity index (χ3v) is 3.72. The highest BCUT2D eigenvalue weighted by Crippen LogP contribution is 2.01. The first-order valence-electron chi connectivity index (χ1n) is 7.47. The molecule has 1 heterocycles. The molecule has 17 heavy (non-hydrogen) atoms. The largest absolute Gasteiger partial charge is 0.301 e. The summed E-state index contributed by atoms with van der Waals surface area (Å²) < 4.78 is 0.